The molecule has 0 saturated carbocycles. The van der Waals surface area contributed by atoms with Crippen molar-refractivity contribution >= 4 is 76.0 Å². The maximum Gasteiger partial charge on any atom is 0.0494 e. The van der Waals surface area contributed by atoms with E-state index in [1.165, 1.54) is 97.4 Å². The monoisotopic (exact) mass is 669 g/mol. The summed E-state index contributed by atoms with van der Waals surface area (Å²) in [5.41, 5.74) is 10.8. The van der Waals surface area contributed by atoms with Crippen LogP contribution in [-0.4, -0.2) is 4.57 Å². The number of nitrogens with zero attached hydrogens (tertiary/aromatic N) is 1. The van der Waals surface area contributed by atoms with Crippen LogP contribution in [0.3, 0.4) is 0 Å². The van der Waals surface area contributed by atoms with Crippen molar-refractivity contribution in [1.29, 1.82) is 0 Å². The molecule has 0 N–H and O–H groups in total. The van der Waals surface area contributed by atoms with Gasteiger partial charge in [0.2, 0.25) is 0 Å². The van der Waals surface area contributed by atoms with Crippen molar-refractivity contribution in [3.63, 3.8) is 0 Å². The van der Waals surface area contributed by atoms with E-state index in [2.05, 4.69) is 169 Å². The smallest absolute Gasteiger partial charge is 0.0494 e. The van der Waals surface area contributed by atoms with Crippen LogP contribution < -0.4 is 0 Å². The lowest BCUT2D eigenvalue weighted by Crippen LogP contribution is -2.09. The van der Waals surface area contributed by atoms with Gasteiger partial charge in [-0.05, 0) is 115 Å². The van der Waals surface area contributed by atoms with Gasteiger partial charge in [-0.15, -0.1) is 11.3 Å². The highest BCUT2D eigenvalue weighted by molar-refractivity contribution is 7.25. The Hall–Kier alpha value is -5.70. The van der Waals surface area contributed by atoms with Crippen molar-refractivity contribution in [3.8, 4) is 16.8 Å². The highest BCUT2D eigenvalue weighted by Crippen LogP contribution is 2.45. The fourth-order valence-electron chi connectivity index (χ4n) is 9.13. The first-order valence-corrected chi connectivity index (χ1v) is 19.0. The predicted octanol–water partition coefficient (Wildman–Crippen LogP) is 13.8. The Kier molecular flexibility index (Phi) is 6.36. The zero-order valence-electron chi connectivity index (χ0n) is 28.4. The third-order valence-corrected chi connectivity index (χ3v) is 12.7. The topological polar surface area (TPSA) is 4.93 Å². The average molecular weight is 670 g/mol. The third kappa shape index (κ3) is 4.39. The number of benzene rings is 7. The Bertz CT molecular complexity index is 2910. The minimum atomic E-state index is 0.348. The number of allylic oxidation sites excluding steroid dienone is 2. The van der Waals surface area contributed by atoms with Crippen molar-refractivity contribution in [2.75, 3.05) is 0 Å². The van der Waals surface area contributed by atoms with E-state index in [-0.39, 0.29) is 0 Å². The molecule has 11 rings (SSSR count). The highest BCUT2D eigenvalue weighted by atomic mass is 32.1. The van der Waals surface area contributed by atoms with Gasteiger partial charge in [0.25, 0.3) is 0 Å². The molecule has 2 aromatic heterocycles. The molecule has 51 heavy (non-hydrogen) atoms. The molecule has 0 bridgehead atoms. The van der Waals surface area contributed by atoms with Crippen molar-refractivity contribution in [2.24, 2.45) is 0 Å². The summed E-state index contributed by atoms with van der Waals surface area (Å²) in [5, 5.41) is 10.6. The van der Waals surface area contributed by atoms with Gasteiger partial charge >= 0.3 is 0 Å². The maximum absolute atomic E-state index is 2.58. The van der Waals surface area contributed by atoms with E-state index < -0.39 is 0 Å². The van der Waals surface area contributed by atoms with E-state index in [0.717, 1.165) is 12.8 Å². The van der Waals surface area contributed by atoms with Crippen LogP contribution in [0.15, 0.2) is 146 Å². The zero-order chi connectivity index (χ0) is 33.6. The van der Waals surface area contributed by atoms with Crippen LogP contribution in [0, 0.1) is 0 Å². The second kappa shape index (κ2) is 11.2. The summed E-state index contributed by atoms with van der Waals surface area (Å²) in [6.45, 7) is 2.39. The van der Waals surface area contributed by atoms with Crippen LogP contribution in [0.25, 0.3) is 81.5 Å². The number of hydrogen-bond donors (Lipinski definition) is 0. The molecular weight excluding hydrogens is 635 g/mol. The normalized spacial score (nSPS) is 16.8. The second-order valence-electron chi connectivity index (χ2n) is 14.5. The lowest BCUT2D eigenvalue weighted by molar-refractivity contribution is 0.716. The third-order valence-electron chi connectivity index (χ3n) is 11.6. The summed E-state index contributed by atoms with van der Waals surface area (Å²) < 4.78 is 5.31. The lowest BCUT2D eigenvalue weighted by Gasteiger charge is -2.21. The van der Waals surface area contributed by atoms with Gasteiger partial charge < -0.3 is 4.57 Å². The Balaban J connectivity index is 1.03. The molecule has 0 spiro atoms. The largest absolute Gasteiger partial charge is 0.313 e. The fourth-order valence-corrected chi connectivity index (χ4v) is 10.2. The first kappa shape index (κ1) is 29.1. The number of thiophene rings is 1. The van der Waals surface area contributed by atoms with Crippen LogP contribution in [0.4, 0.5) is 0 Å². The van der Waals surface area contributed by atoms with Crippen LogP contribution in [0.2, 0.25) is 0 Å². The fraction of sp³-hybridized carbons (Fsp3) is 0.102. The number of fused-ring (bicyclic) bond motifs is 12. The first-order valence-electron chi connectivity index (χ1n) is 18.2. The molecule has 2 heterocycles. The molecule has 9 aromatic rings. The van der Waals surface area contributed by atoms with E-state index in [4.69, 9.17) is 0 Å². The summed E-state index contributed by atoms with van der Waals surface area (Å²) in [4.78, 5) is 0. The van der Waals surface area contributed by atoms with Crippen LogP contribution in [0.1, 0.15) is 53.3 Å². The van der Waals surface area contributed by atoms with Crippen LogP contribution in [-0.2, 0) is 6.42 Å². The molecule has 0 amide bonds. The Morgan fingerprint density at radius 3 is 2.06 bits per heavy atom. The molecule has 7 aromatic carbocycles. The SMILES string of the molecule is CC1CC=Cc2c3c(n(-c4cccc(-c5ccc6c7ccccc7c7ccccc7c6c5)c4)c21)C=CC(c1ccc2sc4ccccc4c2c1)C3. The Labute approximate surface area is 301 Å². The minimum absolute atomic E-state index is 0.348. The van der Waals surface area contributed by atoms with Crippen LogP contribution in [0.5, 0.6) is 0 Å². The first-order chi connectivity index (χ1) is 25.2. The molecule has 242 valence electrons. The van der Waals surface area contributed by atoms with E-state index in [1.54, 1.807) is 0 Å². The van der Waals surface area contributed by atoms with Crippen molar-refractivity contribution in [2.45, 2.75) is 31.6 Å². The summed E-state index contributed by atoms with van der Waals surface area (Å²) in [6.07, 6.45) is 11.7. The number of rotatable bonds is 3. The summed E-state index contributed by atoms with van der Waals surface area (Å²) in [7, 11) is 0. The van der Waals surface area contributed by atoms with Gasteiger partial charge in [-0.25, -0.2) is 0 Å². The molecule has 1 nitrogen and oxygen atoms in total. The van der Waals surface area contributed by atoms with E-state index in [1.807, 2.05) is 11.3 Å². The standard InChI is InChI=1S/C49H35NS/c1-30-10-8-18-42-44-28-33(34-22-25-48-45(29-34)41-17-6-7-19-47(41)51-48)21-24-46(44)50(49(30)42)35-12-9-11-31(26-35)32-20-23-40-38-15-3-2-13-36(38)37-14-4-5-16-39(37)43(40)27-32/h2-9,11-27,29-30,33H,10,28H2,1H3. The van der Waals surface area contributed by atoms with Gasteiger partial charge in [-0.3, -0.25) is 0 Å². The van der Waals surface area contributed by atoms with Gasteiger partial charge in [-0.2, -0.15) is 0 Å². The summed E-state index contributed by atoms with van der Waals surface area (Å²) in [6, 6.07) is 49.9. The Morgan fingerprint density at radius 1 is 0.569 bits per heavy atom. The van der Waals surface area contributed by atoms with Gasteiger partial charge in [-0.1, -0.05) is 122 Å². The molecule has 2 heteroatoms. The van der Waals surface area contributed by atoms with Crippen molar-refractivity contribution in [3.05, 3.63) is 174 Å². The molecule has 2 aliphatic rings. The second-order valence-corrected chi connectivity index (χ2v) is 15.5. The minimum Gasteiger partial charge on any atom is -0.313 e. The molecule has 2 atom stereocenters. The van der Waals surface area contributed by atoms with Crippen molar-refractivity contribution < 1.29 is 0 Å². The number of hydrogen-bond acceptors (Lipinski definition) is 1. The van der Waals surface area contributed by atoms with Gasteiger partial charge in [0, 0.05) is 49.1 Å². The van der Waals surface area contributed by atoms with E-state index in [0.29, 0.717) is 11.8 Å². The van der Waals surface area contributed by atoms with Crippen LogP contribution >= 0.6 is 11.3 Å². The van der Waals surface area contributed by atoms with Gasteiger partial charge in [0.15, 0.2) is 0 Å². The lowest BCUT2D eigenvalue weighted by atomic mass is 9.84. The predicted molar refractivity (Wildman–Crippen MR) is 221 cm³/mol. The molecule has 2 unspecified atom stereocenters. The van der Waals surface area contributed by atoms with E-state index in [9.17, 15) is 0 Å². The molecule has 0 aliphatic heterocycles. The average Bonchev–Trinajstić information content (AvgIpc) is 3.74. The quantitative estimate of drug-likeness (QED) is 0.165. The number of aromatic nitrogens is 1. The van der Waals surface area contributed by atoms with Crippen molar-refractivity contribution in [1.82, 2.24) is 4.57 Å². The van der Waals surface area contributed by atoms with E-state index >= 15 is 0 Å². The molecule has 2 aliphatic carbocycles. The summed E-state index contributed by atoms with van der Waals surface area (Å²) >= 11 is 1.90. The molecule has 0 fully saturated rings. The van der Waals surface area contributed by atoms with Gasteiger partial charge in [0.05, 0.1) is 0 Å². The molecule has 0 saturated heterocycles. The zero-order valence-corrected chi connectivity index (χ0v) is 29.3. The molecular formula is C49H35NS. The Morgan fingerprint density at radius 2 is 1.25 bits per heavy atom. The van der Waals surface area contributed by atoms with Gasteiger partial charge in [0.1, 0.15) is 0 Å². The molecule has 0 radical (unpaired) electrons. The summed E-state index contributed by atoms with van der Waals surface area (Å²) in [5.74, 6) is 0.793. The highest BCUT2D eigenvalue weighted by Gasteiger charge is 2.30. The maximum atomic E-state index is 2.58.